The van der Waals surface area contributed by atoms with Gasteiger partial charge in [-0.05, 0) is 17.7 Å². The van der Waals surface area contributed by atoms with E-state index in [1.807, 2.05) is 18.2 Å². The second kappa shape index (κ2) is 6.76. The van der Waals surface area contributed by atoms with Crippen LogP contribution in [0.2, 0.25) is 0 Å². The molecule has 1 amide bonds. The summed E-state index contributed by atoms with van der Waals surface area (Å²) in [5, 5.41) is 12.7. The standard InChI is InChI=1S/C16H18N2O3/c1-21-14-9-5-8-12(15(14)17)16(20)18-10-13(19)11-6-3-2-4-7-11/h2-9,13,19H,10,17H2,1H3,(H,18,20). The molecule has 0 aliphatic carbocycles. The van der Waals surface area contributed by atoms with Gasteiger partial charge in [-0.3, -0.25) is 4.79 Å². The maximum absolute atomic E-state index is 12.1. The highest BCUT2D eigenvalue weighted by Gasteiger charge is 2.14. The van der Waals surface area contributed by atoms with E-state index in [-0.39, 0.29) is 18.1 Å². The minimum atomic E-state index is -0.762. The topological polar surface area (TPSA) is 84.6 Å². The molecule has 0 aliphatic heterocycles. The van der Waals surface area contributed by atoms with Crippen LogP contribution >= 0.6 is 0 Å². The Bertz CT molecular complexity index is 614. The SMILES string of the molecule is COc1cccc(C(=O)NCC(O)c2ccccc2)c1N. The van der Waals surface area contributed by atoms with E-state index in [0.717, 1.165) is 5.56 Å². The average Bonchev–Trinajstić information content (AvgIpc) is 2.53. The lowest BCUT2D eigenvalue weighted by atomic mass is 10.1. The van der Waals surface area contributed by atoms with E-state index < -0.39 is 6.10 Å². The number of para-hydroxylation sites is 1. The molecular weight excluding hydrogens is 268 g/mol. The Balaban J connectivity index is 2.02. The molecular formula is C16H18N2O3. The summed E-state index contributed by atoms with van der Waals surface area (Å²) in [5.74, 6) is 0.104. The molecule has 0 bridgehead atoms. The maximum atomic E-state index is 12.1. The van der Waals surface area contributed by atoms with E-state index in [2.05, 4.69) is 5.32 Å². The highest BCUT2D eigenvalue weighted by atomic mass is 16.5. The molecule has 2 aromatic carbocycles. The first-order chi connectivity index (χ1) is 10.1. The molecule has 0 heterocycles. The third-order valence-electron chi connectivity index (χ3n) is 3.17. The largest absolute Gasteiger partial charge is 0.495 e. The van der Waals surface area contributed by atoms with Crippen LogP contribution in [-0.4, -0.2) is 24.7 Å². The maximum Gasteiger partial charge on any atom is 0.253 e. The highest BCUT2D eigenvalue weighted by Crippen LogP contribution is 2.24. The van der Waals surface area contributed by atoms with Crippen LogP contribution in [0.1, 0.15) is 22.0 Å². The van der Waals surface area contributed by atoms with Crippen LogP contribution in [0.4, 0.5) is 5.69 Å². The van der Waals surface area contributed by atoms with Crippen molar-refractivity contribution in [1.29, 1.82) is 0 Å². The van der Waals surface area contributed by atoms with Gasteiger partial charge in [0.2, 0.25) is 0 Å². The number of rotatable bonds is 5. The Labute approximate surface area is 123 Å². The van der Waals surface area contributed by atoms with Crippen molar-refractivity contribution in [2.45, 2.75) is 6.10 Å². The molecule has 0 saturated heterocycles. The van der Waals surface area contributed by atoms with Crippen molar-refractivity contribution in [3.8, 4) is 5.75 Å². The summed E-state index contributed by atoms with van der Waals surface area (Å²) in [4.78, 5) is 12.1. The summed E-state index contributed by atoms with van der Waals surface area (Å²) in [5.41, 5.74) is 7.22. The first kappa shape index (κ1) is 14.9. The number of aliphatic hydroxyl groups excluding tert-OH is 1. The minimum absolute atomic E-state index is 0.111. The van der Waals surface area contributed by atoms with Gasteiger partial charge in [-0.1, -0.05) is 36.4 Å². The molecule has 4 N–H and O–H groups in total. The first-order valence-corrected chi connectivity index (χ1v) is 6.57. The number of anilines is 1. The number of carbonyl (C=O) groups is 1. The Morgan fingerprint density at radius 2 is 1.95 bits per heavy atom. The smallest absolute Gasteiger partial charge is 0.253 e. The molecule has 1 unspecified atom stereocenters. The zero-order chi connectivity index (χ0) is 15.2. The summed E-state index contributed by atoms with van der Waals surface area (Å²) < 4.78 is 5.08. The van der Waals surface area contributed by atoms with Crippen LogP contribution in [0.5, 0.6) is 5.75 Å². The van der Waals surface area contributed by atoms with Crippen molar-refractivity contribution in [1.82, 2.24) is 5.32 Å². The van der Waals surface area contributed by atoms with Gasteiger partial charge in [0.05, 0.1) is 24.5 Å². The number of benzene rings is 2. The molecule has 1 atom stereocenters. The van der Waals surface area contributed by atoms with Crippen molar-refractivity contribution >= 4 is 11.6 Å². The highest BCUT2D eigenvalue weighted by molar-refractivity contribution is 6.00. The van der Waals surface area contributed by atoms with Gasteiger partial charge in [-0.2, -0.15) is 0 Å². The lowest BCUT2D eigenvalue weighted by molar-refractivity contribution is 0.0917. The molecule has 0 radical (unpaired) electrons. The Hall–Kier alpha value is -2.53. The molecule has 2 aromatic rings. The monoisotopic (exact) mass is 286 g/mol. The molecule has 0 saturated carbocycles. The van der Waals surface area contributed by atoms with Crippen molar-refractivity contribution in [3.63, 3.8) is 0 Å². The number of carbonyl (C=O) groups excluding carboxylic acids is 1. The summed E-state index contributed by atoms with van der Waals surface area (Å²) >= 11 is 0. The molecule has 110 valence electrons. The lowest BCUT2D eigenvalue weighted by Crippen LogP contribution is -2.29. The van der Waals surface area contributed by atoms with Gasteiger partial charge in [0.1, 0.15) is 5.75 Å². The second-order valence-electron chi connectivity index (χ2n) is 4.56. The second-order valence-corrected chi connectivity index (χ2v) is 4.56. The summed E-state index contributed by atoms with van der Waals surface area (Å²) in [6.07, 6.45) is -0.762. The molecule has 0 aromatic heterocycles. The summed E-state index contributed by atoms with van der Waals surface area (Å²) in [7, 11) is 1.49. The summed E-state index contributed by atoms with van der Waals surface area (Å²) in [6.45, 7) is 0.111. The lowest BCUT2D eigenvalue weighted by Gasteiger charge is -2.14. The summed E-state index contributed by atoms with van der Waals surface area (Å²) in [6, 6.07) is 14.1. The number of ether oxygens (including phenoxy) is 1. The molecule has 5 heteroatoms. The molecule has 21 heavy (non-hydrogen) atoms. The normalized spacial score (nSPS) is 11.7. The fraction of sp³-hybridized carbons (Fsp3) is 0.188. The average molecular weight is 286 g/mol. The Kier molecular flexibility index (Phi) is 4.79. The first-order valence-electron chi connectivity index (χ1n) is 6.57. The van der Waals surface area contributed by atoms with Gasteiger partial charge >= 0.3 is 0 Å². The Morgan fingerprint density at radius 3 is 2.62 bits per heavy atom. The third kappa shape index (κ3) is 3.52. The van der Waals surface area contributed by atoms with Gasteiger partial charge in [0.25, 0.3) is 5.91 Å². The van der Waals surface area contributed by atoms with Crippen LogP contribution in [0.3, 0.4) is 0 Å². The van der Waals surface area contributed by atoms with Gasteiger partial charge in [0, 0.05) is 6.54 Å². The van der Waals surface area contributed by atoms with Crippen LogP contribution < -0.4 is 15.8 Å². The molecule has 5 nitrogen and oxygen atoms in total. The van der Waals surface area contributed by atoms with Crippen LogP contribution in [0, 0.1) is 0 Å². The van der Waals surface area contributed by atoms with E-state index in [0.29, 0.717) is 11.3 Å². The Morgan fingerprint density at radius 1 is 1.24 bits per heavy atom. The van der Waals surface area contributed by atoms with Crippen molar-refractivity contribution in [3.05, 3.63) is 59.7 Å². The third-order valence-corrected chi connectivity index (χ3v) is 3.17. The minimum Gasteiger partial charge on any atom is -0.495 e. The molecule has 0 fully saturated rings. The number of nitrogens with one attached hydrogen (secondary N) is 1. The van der Waals surface area contributed by atoms with Gasteiger partial charge < -0.3 is 20.9 Å². The zero-order valence-corrected chi connectivity index (χ0v) is 11.7. The molecule has 0 spiro atoms. The number of aliphatic hydroxyl groups is 1. The van der Waals surface area contributed by atoms with E-state index >= 15 is 0 Å². The van der Waals surface area contributed by atoms with E-state index in [4.69, 9.17) is 10.5 Å². The van der Waals surface area contributed by atoms with Gasteiger partial charge in [-0.15, -0.1) is 0 Å². The predicted molar refractivity (Wildman–Crippen MR) is 81.1 cm³/mol. The quantitative estimate of drug-likeness (QED) is 0.731. The number of amides is 1. The number of methoxy groups -OCH3 is 1. The predicted octanol–water partition coefficient (Wildman–Crippen LogP) is 1.74. The molecule has 0 aliphatic rings. The fourth-order valence-corrected chi connectivity index (χ4v) is 2.00. The number of hydrogen-bond acceptors (Lipinski definition) is 4. The molecule has 2 rings (SSSR count). The number of hydrogen-bond donors (Lipinski definition) is 3. The van der Waals surface area contributed by atoms with Crippen LogP contribution in [0.25, 0.3) is 0 Å². The van der Waals surface area contributed by atoms with Crippen LogP contribution in [-0.2, 0) is 0 Å². The van der Waals surface area contributed by atoms with Crippen molar-refractivity contribution in [2.24, 2.45) is 0 Å². The fourth-order valence-electron chi connectivity index (χ4n) is 2.00. The van der Waals surface area contributed by atoms with E-state index in [1.165, 1.54) is 7.11 Å². The van der Waals surface area contributed by atoms with Crippen LogP contribution in [0.15, 0.2) is 48.5 Å². The van der Waals surface area contributed by atoms with Gasteiger partial charge in [-0.25, -0.2) is 0 Å². The van der Waals surface area contributed by atoms with E-state index in [1.54, 1.807) is 30.3 Å². The van der Waals surface area contributed by atoms with Crippen molar-refractivity contribution in [2.75, 3.05) is 19.4 Å². The zero-order valence-electron chi connectivity index (χ0n) is 11.7. The number of nitrogens with two attached hydrogens (primary N) is 1. The number of nitrogen functional groups attached to an aromatic ring is 1. The van der Waals surface area contributed by atoms with E-state index in [9.17, 15) is 9.90 Å². The van der Waals surface area contributed by atoms with Crippen molar-refractivity contribution < 1.29 is 14.6 Å². The van der Waals surface area contributed by atoms with Gasteiger partial charge in [0.15, 0.2) is 0 Å².